The Morgan fingerprint density at radius 3 is 1.87 bits per heavy atom. The Kier molecular flexibility index (Phi) is 6.12. The van der Waals surface area contributed by atoms with Gasteiger partial charge in [0.2, 0.25) is 0 Å². The Hall–Kier alpha value is -3.32. The molecule has 152 valence electrons. The third-order valence-corrected chi connectivity index (χ3v) is 5.72. The number of furan rings is 1. The molecule has 0 spiro atoms. The highest BCUT2D eigenvalue weighted by molar-refractivity contribution is 6.15. The highest BCUT2D eigenvalue weighted by Crippen LogP contribution is 2.39. The molecule has 0 saturated carbocycles. The van der Waals surface area contributed by atoms with Crippen molar-refractivity contribution >= 4 is 57.0 Å². The van der Waals surface area contributed by atoms with E-state index in [4.69, 9.17) is 4.42 Å². The maximum Gasteiger partial charge on any atom is 0.136 e. The highest BCUT2D eigenvalue weighted by Gasteiger charge is 2.17. The van der Waals surface area contributed by atoms with Crippen LogP contribution in [0.2, 0.25) is 0 Å². The van der Waals surface area contributed by atoms with Crippen LogP contribution < -0.4 is 0 Å². The Morgan fingerprint density at radius 1 is 0.733 bits per heavy atom. The molecule has 0 aliphatic heterocycles. The minimum Gasteiger partial charge on any atom is -0.456 e. The number of allylic oxidation sites excluding steroid dienone is 1. The van der Waals surface area contributed by atoms with E-state index < -0.39 is 0 Å². The lowest BCUT2D eigenvalue weighted by molar-refractivity contribution is 0.669. The molecule has 0 saturated heterocycles. The molecule has 0 N–H and O–H groups in total. The molecule has 0 fully saturated rings. The van der Waals surface area contributed by atoms with Crippen molar-refractivity contribution in [3.8, 4) is 0 Å². The van der Waals surface area contributed by atoms with Crippen molar-refractivity contribution in [1.82, 2.24) is 0 Å². The molecule has 30 heavy (non-hydrogen) atoms. The smallest absolute Gasteiger partial charge is 0.136 e. The molecule has 0 atom stereocenters. The van der Waals surface area contributed by atoms with Gasteiger partial charge >= 0.3 is 0 Å². The van der Waals surface area contributed by atoms with Crippen LogP contribution >= 0.6 is 0 Å². The largest absolute Gasteiger partial charge is 0.456 e. The van der Waals surface area contributed by atoms with Crippen molar-refractivity contribution in [2.24, 2.45) is 0 Å². The van der Waals surface area contributed by atoms with Crippen LogP contribution in [-0.4, -0.2) is 0 Å². The van der Waals surface area contributed by atoms with E-state index in [1.807, 2.05) is 45.1 Å². The fourth-order valence-corrected chi connectivity index (χ4v) is 4.32. The van der Waals surface area contributed by atoms with Crippen LogP contribution in [0.3, 0.4) is 0 Å². The molecule has 1 heterocycles. The van der Waals surface area contributed by atoms with Gasteiger partial charge in [0.1, 0.15) is 11.2 Å². The Bertz CT molecular complexity index is 1330. The van der Waals surface area contributed by atoms with E-state index in [-0.39, 0.29) is 0 Å². The topological polar surface area (TPSA) is 13.1 Å². The summed E-state index contributed by atoms with van der Waals surface area (Å²) >= 11 is 0. The highest BCUT2D eigenvalue weighted by atomic mass is 16.3. The average Bonchev–Trinajstić information content (AvgIpc) is 3.14. The third-order valence-electron chi connectivity index (χ3n) is 5.72. The number of benzene rings is 3. The maximum absolute atomic E-state index is 6.26. The number of rotatable bonds is 4. The van der Waals surface area contributed by atoms with Crippen LogP contribution in [0.15, 0.2) is 54.5 Å². The number of hydrogen-bond donors (Lipinski definition) is 0. The molecule has 3 aromatic carbocycles. The van der Waals surface area contributed by atoms with Crippen molar-refractivity contribution in [3.63, 3.8) is 0 Å². The summed E-state index contributed by atoms with van der Waals surface area (Å²) in [5.41, 5.74) is 8.75. The van der Waals surface area contributed by atoms with Crippen molar-refractivity contribution in [2.45, 2.75) is 34.6 Å². The van der Waals surface area contributed by atoms with E-state index >= 15 is 0 Å². The fraction of sp³-hybridized carbons (Fsp3) is 0.172. The molecule has 0 amide bonds. The quantitative estimate of drug-likeness (QED) is 0.336. The summed E-state index contributed by atoms with van der Waals surface area (Å²) in [7, 11) is 0. The summed E-state index contributed by atoms with van der Waals surface area (Å²) in [5, 5.41) is 4.69. The lowest BCUT2D eigenvalue weighted by atomic mass is 9.89. The van der Waals surface area contributed by atoms with Crippen LogP contribution in [0.5, 0.6) is 0 Å². The number of hydrogen-bond acceptors (Lipinski definition) is 1. The second kappa shape index (κ2) is 8.59. The molecule has 4 rings (SSSR count). The summed E-state index contributed by atoms with van der Waals surface area (Å²) < 4.78 is 6.26. The summed E-state index contributed by atoms with van der Waals surface area (Å²) in [5.74, 6) is 0. The molecule has 0 unspecified atom stereocenters. The normalized spacial score (nSPS) is 11.1. The first-order valence-corrected chi connectivity index (χ1v) is 10.5. The predicted octanol–water partition coefficient (Wildman–Crippen LogP) is 9.34. The van der Waals surface area contributed by atoms with Gasteiger partial charge in [-0.15, -0.1) is 0 Å². The zero-order valence-corrected chi connectivity index (χ0v) is 18.7. The molecule has 4 aromatic rings. The summed E-state index contributed by atoms with van der Waals surface area (Å²) in [4.78, 5) is 0. The summed E-state index contributed by atoms with van der Waals surface area (Å²) in [6, 6.07) is 8.53. The van der Waals surface area contributed by atoms with E-state index in [0.29, 0.717) is 0 Å². The Labute approximate surface area is 179 Å². The lowest BCUT2D eigenvalue weighted by Crippen LogP contribution is -1.94. The predicted molar refractivity (Wildman–Crippen MR) is 137 cm³/mol. The molecule has 0 bridgehead atoms. The zero-order valence-electron chi connectivity index (χ0n) is 18.7. The maximum atomic E-state index is 6.26. The van der Waals surface area contributed by atoms with Crippen LogP contribution in [0, 0.1) is 13.8 Å². The molecule has 1 aromatic heterocycles. The van der Waals surface area contributed by atoms with Crippen LogP contribution in [0.25, 0.3) is 57.0 Å². The standard InChI is InChI=1S/C27H24O.C2H6/c1-7-11-21-18(8-2)12-13-25-27(21)24-14-22-16(5)19(9-3)20(10-4)17(6)23(22)15-26(24)28-25;1-2/h7-15H,2-4H2,1,5-6H3;1-2H3/b11-7-;. The molecule has 0 aliphatic rings. The first kappa shape index (κ1) is 21.4. The monoisotopic (exact) mass is 394 g/mol. The van der Waals surface area contributed by atoms with Crippen LogP contribution in [0.4, 0.5) is 0 Å². The van der Waals surface area contributed by atoms with E-state index in [9.17, 15) is 0 Å². The second-order valence-corrected chi connectivity index (χ2v) is 7.13. The second-order valence-electron chi connectivity index (χ2n) is 7.13. The van der Waals surface area contributed by atoms with Crippen molar-refractivity contribution in [1.29, 1.82) is 0 Å². The van der Waals surface area contributed by atoms with Crippen molar-refractivity contribution < 1.29 is 4.42 Å². The molecule has 0 aliphatic carbocycles. The first-order chi connectivity index (χ1) is 14.5. The van der Waals surface area contributed by atoms with Crippen molar-refractivity contribution in [3.05, 3.63) is 83.5 Å². The van der Waals surface area contributed by atoms with Gasteiger partial charge in [-0.25, -0.2) is 0 Å². The minimum atomic E-state index is 0.896. The molecular formula is C29H30O. The molecule has 1 heteroatoms. The summed E-state index contributed by atoms with van der Waals surface area (Å²) in [6.07, 6.45) is 9.94. The van der Waals surface area contributed by atoms with E-state index in [0.717, 1.165) is 44.2 Å². The third kappa shape index (κ3) is 3.11. The van der Waals surface area contributed by atoms with Gasteiger partial charge in [0.15, 0.2) is 0 Å². The van der Waals surface area contributed by atoms with Gasteiger partial charge in [-0.2, -0.15) is 0 Å². The average molecular weight is 395 g/mol. The van der Waals surface area contributed by atoms with Gasteiger partial charge in [0.05, 0.1) is 0 Å². The number of fused-ring (bicyclic) bond motifs is 4. The molecular weight excluding hydrogens is 364 g/mol. The zero-order chi connectivity index (χ0) is 22.0. The van der Waals surface area contributed by atoms with Gasteiger partial charge < -0.3 is 4.42 Å². The number of aryl methyl sites for hydroxylation is 2. The SMILES string of the molecule is C=Cc1ccc2oc3cc4c(C)c(C=C)c(C=C)c(C)c4cc3c2c1/C=C\C.CC. The van der Waals surface area contributed by atoms with E-state index in [1.54, 1.807) is 0 Å². The Morgan fingerprint density at radius 2 is 1.33 bits per heavy atom. The van der Waals surface area contributed by atoms with Crippen LogP contribution in [0.1, 0.15) is 54.2 Å². The molecule has 0 radical (unpaired) electrons. The van der Waals surface area contributed by atoms with E-state index in [2.05, 4.69) is 63.9 Å². The Balaban J connectivity index is 0.00000124. The minimum absolute atomic E-state index is 0.896. The van der Waals surface area contributed by atoms with Gasteiger partial charge in [-0.05, 0) is 83.1 Å². The van der Waals surface area contributed by atoms with Gasteiger partial charge in [-0.1, -0.05) is 70.0 Å². The van der Waals surface area contributed by atoms with Crippen molar-refractivity contribution in [2.75, 3.05) is 0 Å². The molecule has 1 nitrogen and oxygen atoms in total. The summed E-state index contributed by atoms with van der Waals surface area (Å²) in [6.45, 7) is 22.3. The lowest BCUT2D eigenvalue weighted by Gasteiger charge is -2.15. The fourth-order valence-electron chi connectivity index (χ4n) is 4.32. The van der Waals surface area contributed by atoms with Crippen LogP contribution in [-0.2, 0) is 0 Å². The van der Waals surface area contributed by atoms with Gasteiger partial charge in [0, 0.05) is 10.8 Å². The van der Waals surface area contributed by atoms with Gasteiger partial charge in [0.25, 0.3) is 0 Å². The first-order valence-electron chi connectivity index (χ1n) is 10.5. The van der Waals surface area contributed by atoms with Gasteiger partial charge in [-0.3, -0.25) is 0 Å². The van der Waals surface area contributed by atoms with E-state index in [1.165, 1.54) is 21.9 Å².